The molecule has 0 radical (unpaired) electrons. The van der Waals surface area contributed by atoms with Crippen molar-refractivity contribution in [3.05, 3.63) is 69.4 Å². The third-order valence-electron chi connectivity index (χ3n) is 5.17. The molecular weight excluding hydrogens is 416 g/mol. The number of nitrogens with zero attached hydrogens (tertiary/aromatic N) is 4. The first-order valence-electron chi connectivity index (χ1n) is 9.84. The summed E-state index contributed by atoms with van der Waals surface area (Å²) >= 11 is 0. The molecule has 1 saturated heterocycles. The minimum Gasteiger partial charge on any atom is -0.497 e. The Labute approximate surface area is 182 Å². The average molecular weight is 436 g/mol. The summed E-state index contributed by atoms with van der Waals surface area (Å²) in [5.74, 6) is -0.858. The average Bonchev–Trinajstić information content (AvgIpc) is 2.84. The van der Waals surface area contributed by atoms with Gasteiger partial charge in [-0.3, -0.25) is 4.79 Å². The molecule has 1 aliphatic rings. The molecule has 0 unspecified atom stereocenters. The predicted octanol–water partition coefficient (Wildman–Crippen LogP) is 2.84. The molecule has 10 heteroatoms. The van der Waals surface area contributed by atoms with Gasteiger partial charge in [0.1, 0.15) is 22.7 Å². The number of aromatic nitrogens is 2. The van der Waals surface area contributed by atoms with Crippen LogP contribution < -0.4 is 15.2 Å². The quantitative estimate of drug-likeness (QED) is 0.585. The van der Waals surface area contributed by atoms with Crippen LogP contribution in [0.3, 0.4) is 0 Å². The monoisotopic (exact) mass is 436 g/mol. The van der Waals surface area contributed by atoms with E-state index in [0.29, 0.717) is 37.6 Å². The van der Waals surface area contributed by atoms with Gasteiger partial charge in [-0.1, -0.05) is 12.1 Å². The molecule has 0 bridgehead atoms. The topological polar surface area (TPSA) is 123 Å². The lowest BCUT2D eigenvalue weighted by molar-refractivity contribution is 0.0694. The largest absolute Gasteiger partial charge is 0.497 e. The minimum absolute atomic E-state index is 0.0317. The molecule has 1 aromatic heterocycles. The molecule has 32 heavy (non-hydrogen) atoms. The number of morpholine rings is 1. The number of rotatable bonds is 6. The number of anilines is 1. The SMILES string of the molecule is COc1cccc(-c2cc(C(=O)O)c(=O)n(-c3cc(N4CCOCC4)ccc3N=O)n2)c1. The molecule has 1 fully saturated rings. The number of aromatic carboxylic acids is 1. The second kappa shape index (κ2) is 8.98. The lowest BCUT2D eigenvalue weighted by Crippen LogP contribution is -2.36. The van der Waals surface area contributed by atoms with Gasteiger partial charge in [0.25, 0.3) is 5.56 Å². The van der Waals surface area contributed by atoms with Gasteiger partial charge in [0.05, 0.1) is 26.0 Å². The molecule has 4 rings (SSSR count). The van der Waals surface area contributed by atoms with Crippen molar-refractivity contribution >= 4 is 17.3 Å². The van der Waals surface area contributed by atoms with Gasteiger partial charge in [-0.15, -0.1) is 4.91 Å². The smallest absolute Gasteiger partial charge is 0.341 e. The normalized spacial score (nSPS) is 13.6. The molecule has 0 aliphatic carbocycles. The highest BCUT2D eigenvalue weighted by atomic mass is 16.5. The van der Waals surface area contributed by atoms with Crippen molar-refractivity contribution in [1.82, 2.24) is 9.78 Å². The van der Waals surface area contributed by atoms with Crippen LogP contribution in [0.15, 0.2) is 58.5 Å². The first-order valence-corrected chi connectivity index (χ1v) is 9.84. The Morgan fingerprint density at radius 2 is 1.94 bits per heavy atom. The van der Waals surface area contributed by atoms with Gasteiger partial charge in [-0.2, -0.15) is 9.78 Å². The van der Waals surface area contributed by atoms with Gasteiger partial charge >= 0.3 is 5.97 Å². The van der Waals surface area contributed by atoms with E-state index in [1.165, 1.54) is 19.2 Å². The second-order valence-corrected chi connectivity index (χ2v) is 7.06. The van der Waals surface area contributed by atoms with Gasteiger partial charge in [0, 0.05) is 24.3 Å². The molecule has 1 N–H and O–H groups in total. The maximum Gasteiger partial charge on any atom is 0.341 e. The standard InChI is InChI=1S/C22H20N4O6/c1-31-16-4-2-3-14(11-16)19-13-17(22(28)29)21(27)26(23-19)20-12-15(5-6-18(20)24-30)25-7-9-32-10-8-25/h2-6,11-13H,7-10H2,1H3,(H,28,29). The predicted molar refractivity (Wildman–Crippen MR) is 117 cm³/mol. The fraction of sp³-hybridized carbons (Fsp3) is 0.227. The number of hydrogen-bond donors (Lipinski definition) is 1. The number of methoxy groups -OCH3 is 1. The summed E-state index contributed by atoms with van der Waals surface area (Å²) in [4.78, 5) is 38.3. The van der Waals surface area contributed by atoms with Gasteiger partial charge in [0.2, 0.25) is 0 Å². The van der Waals surface area contributed by atoms with Crippen LogP contribution in [0.5, 0.6) is 5.75 Å². The van der Waals surface area contributed by atoms with Crippen LogP contribution in [-0.4, -0.2) is 54.3 Å². The molecular formula is C22H20N4O6. The van der Waals surface area contributed by atoms with Crippen molar-refractivity contribution in [2.24, 2.45) is 5.18 Å². The lowest BCUT2D eigenvalue weighted by atomic mass is 10.1. The third kappa shape index (κ3) is 4.08. The number of carbonyl (C=O) groups is 1. The Balaban J connectivity index is 1.92. The number of hydrogen-bond acceptors (Lipinski definition) is 8. The maximum atomic E-state index is 13.0. The van der Waals surface area contributed by atoms with Crippen molar-refractivity contribution in [1.29, 1.82) is 0 Å². The van der Waals surface area contributed by atoms with E-state index in [9.17, 15) is 19.6 Å². The molecule has 0 spiro atoms. The maximum absolute atomic E-state index is 13.0. The van der Waals surface area contributed by atoms with Crippen molar-refractivity contribution < 1.29 is 19.4 Å². The summed E-state index contributed by atoms with van der Waals surface area (Å²) in [6, 6.07) is 12.9. The summed E-state index contributed by atoms with van der Waals surface area (Å²) in [7, 11) is 1.51. The number of ether oxygens (including phenoxy) is 2. The highest BCUT2D eigenvalue weighted by Gasteiger charge is 2.20. The molecule has 1 aliphatic heterocycles. The summed E-state index contributed by atoms with van der Waals surface area (Å²) in [6.45, 7) is 2.38. The van der Waals surface area contributed by atoms with Crippen molar-refractivity contribution in [2.45, 2.75) is 0 Å². The highest BCUT2D eigenvalue weighted by molar-refractivity contribution is 5.88. The Kier molecular flexibility index (Phi) is 5.95. The molecule has 10 nitrogen and oxygen atoms in total. The Morgan fingerprint density at radius 3 is 2.62 bits per heavy atom. The fourth-order valence-electron chi connectivity index (χ4n) is 3.51. The highest BCUT2D eigenvalue weighted by Crippen LogP contribution is 2.29. The van der Waals surface area contributed by atoms with Crippen molar-refractivity contribution in [3.63, 3.8) is 0 Å². The molecule has 0 saturated carbocycles. The van der Waals surface area contributed by atoms with Crippen LogP contribution in [0.1, 0.15) is 10.4 Å². The van der Waals surface area contributed by atoms with E-state index < -0.39 is 17.1 Å². The van der Waals surface area contributed by atoms with E-state index in [0.717, 1.165) is 10.4 Å². The van der Waals surface area contributed by atoms with Gasteiger partial charge in [-0.25, -0.2) is 4.79 Å². The Hall–Kier alpha value is -4.05. The van der Waals surface area contributed by atoms with Gasteiger partial charge in [-0.05, 0) is 41.6 Å². The summed E-state index contributed by atoms with van der Waals surface area (Å²) in [5.41, 5.74) is 0.240. The first-order chi connectivity index (χ1) is 15.5. The zero-order valence-electron chi connectivity index (χ0n) is 17.2. The van der Waals surface area contributed by atoms with Crippen LogP contribution in [-0.2, 0) is 4.74 Å². The zero-order valence-corrected chi connectivity index (χ0v) is 17.2. The zero-order chi connectivity index (χ0) is 22.7. The minimum atomic E-state index is -1.40. The summed E-state index contributed by atoms with van der Waals surface area (Å²) < 4.78 is 11.5. The van der Waals surface area contributed by atoms with Crippen LogP contribution in [0.4, 0.5) is 11.4 Å². The van der Waals surface area contributed by atoms with Crippen LogP contribution >= 0.6 is 0 Å². The van der Waals surface area contributed by atoms with Crippen LogP contribution in [0, 0.1) is 4.91 Å². The van der Waals surface area contributed by atoms with Crippen molar-refractivity contribution in [2.75, 3.05) is 38.3 Å². The Morgan fingerprint density at radius 1 is 1.16 bits per heavy atom. The van der Waals surface area contributed by atoms with E-state index >= 15 is 0 Å². The number of nitroso groups, excluding NO2 is 1. The number of carboxylic acids is 1. The Bertz CT molecular complexity index is 1230. The third-order valence-corrected chi connectivity index (χ3v) is 5.17. The van der Waals surface area contributed by atoms with E-state index in [1.54, 1.807) is 36.4 Å². The van der Waals surface area contributed by atoms with Crippen molar-refractivity contribution in [3.8, 4) is 22.7 Å². The summed E-state index contributed by atoms with van der Waals surface area (Å²) in [5, 5.41) is 17.0. The van der Waals surface area contributed by atoms with E-state index in [1.807, 2.05) is 4.90 Å². The molecule has 3 aromatic rings. The summed E-state index contributed by atoms with van der Waals surface area (Å²) in [6.07, 6.45) is 0. The van der Waals surface area contributed by atoms with E-state index in [-0.39, 0.29) is 17.1 Å². The lowest BCUT2D eigenvalue weighted by Gasteiger charge is -2.29. The van der Waals surface area contributed by atoms with Gasteiger partial charge in [0.15, 0.2) is 0 Å². The molecule has 164 valence electrons. The van der Waals surface area contributed by atoms with E-state index in [2.05, 4.69) is 10.3 Å². The molecule has 2 aromatic carbocycles. The first kappa shape index (κ1) is 21.2. The molecule has 0 atom stereocenters. The molecule has 0 amide bonds. The fourth-order valence-corrected chi connectivity index (χ4v) is 3.51. The number of carboxylic acid groups (broad SMARTS) is 1. The molecule has 2 heterocycles. The van der Waals surface area contributed by atoms with Crippen LogP contribution in [0.2, 0.25) is 0 Å². The second-order valence-electron chi connectivity index (χ2n) is 7.06. The number of benzene rings is 2. The van der Waals surface area contributed by atoms with Crippen LogP contribution in [0.25, 0.3) is 16.9 Å². The van der Waals surface area contributed by atoms with Gasteiger partial charge < -0.3 is 19.5 Å². The van der Waals surface area contributed by atoms with E-state index in [4.69, 9.17) is 9.47 Å².